The summed E-state index contributed by atoms with van der Waals surface area (Å²) < 4.78 is 0. The van der Waals surface area contributed by atoms with Crippen molar-refractivity contribution in [2.75, 3.05) is 11.4 Å². The molecule has 0 saturated heterocycles. The van der Waals surface area contributed by atoms with Crippen LogP contribution in [0.4, 0.5) is 5.95 Å². The van der Waals surface area contributed by atoms with Gasteiger partial charge in [-0.05, 0) is 25.8 Å². The molecule has 6 nitrogen and oxygen atoms in total. The molecule has 1 aliphatic rings. The summed E-state index contributed by atoms with van der Waals surface area (Å²) in [4.78, 5) is 10.8. The van der Waals surface area contributed by atoms with Crippen molar-refractivity contribution in [2.24, 2.45) is 10.9 Å². The van der Waals surface area contributed by atoms with Gasteiger partial charge in [0.15, 0.2) is 5.84 Å². The van der Waals surface area contributed by atoms with Crippen molar-refractivity contribution in [2.45, 2.75) is 38.6 Å². The number of aromatic nitrogens is 2. The molecule has 2 rings (SSSR count). The van der Waals surface area contributed by atoms with Crippen LogP contribution in [-0.4, -0.2) is 33.6 Å². The SMILES string of the molecule is CCN(c1nccc(/C(N)=N/O)n1)C1CCCC1. The molecule has 98 valence electrons. The fourth-order valence-corrected chi connectivity index (χ4v) is 2.46. The predicted octanol–water partition coefficient (Wildman–Crippen LogP) is 1.34. The molecule has 0 unspecified atom stereocenters. The summed E-state index contributed by atoms with van der Waals surface area (Å²) in [5, 5.41) is 11.6. The number of hydrogen-bond acceptors (Lipinski definition) is 5. The van der Waals surface area contributed by atoms with E-state index in [-0.39, 0.29) is 5.84 Å². The van der Waals surface area contributed by atoms with Crippen LogP contribution in [0.5, 0.6) is 0 Å². The molecule has 18 heavy (non-hydrogen) atoms. The Morgan fingerprint density at radius 3 is 2.89 bits per heavy atom. The van der Waals surface area contributed by atoms with Gasteiger partial charge in [0.05, 0.1) is 0 Å². The third-order valence-corrected chi connectivity index (χ3v) is 3.38. The fraction of sp³-hybridized carbons (Fsp3) is 0.583. The lowest BCUT2D eigenvalue weighted by Gasteiger charge is -2.27. The van der Waals surface area contributed by atoms with Crippen LogP contribution in [0.1, 0.15) is 38.3 Å². The highest BCUT2D eigenvalue weighted by Crippen LogP contribution is 2.25. The minimum Gasteiger partial charge on any atom is -0.409 e. The quantitative estimate of drug-likeness (QED) is 0.364. The Morgan fingerprint density at radius 2 is 2.28 bits per heavy atom. The van der Waals surface area contributed by atoms with Crippen molar-refractivity contribution in [1.29, 1.82) is 0 Å². The molecule has 6 heteroatoms. The number of amidine groups is 1. The first-order valence-electron chi connectivity index (χ1n) is 6.33. The van der Waals surface area contributed by atoms with Crippen molar-refractivity contribution < 1.29 is 5.21 Å². The molecule has 0 bridgehead atoms. The molecular weight excluding hydrogens is 230 g/mol. The molecule has 0 spiro atoms. The highest BCUT2D eigenvalue weighted by atomic mass is 16.4. The van der Waals surface area contributed by atoms with E-state index in [9.17, 15) is 0 Å². The third kappa shape index (κ3) is 2.52. The van der Waals surface area contributed by atoms with Crippen molar-refractivity contribution in [3.05, 3.63) is 18.0 Å². The molecule has 1 saturated carbocycles. The van der Waals surface area contributed by atoms with Crippen LogP contribution in [0.3, 0.4) is 0 Å². The van der Waals surface area contributed by atoms with Crippen LogP contribution in [0.15, 0.2) is 17.4 Å². The molecule has 0 aromatic carbocycles. The van der Waals surface area contributed by atoms with E-state index in [2.05, 4.69) is 26.9 Å². The molecule has 1 fully saturated rings. The second-order valence-corrected chi connectivity index (χ2v) is 4.45. The molecule has 0 radical (unpaired) electrons. The average Bonchev–Trinajstić information content (AvgIpc) is 2.93. The highest BCUT2D eigenvalue weighted by Gasteiger charge is 2.23. The summed E-state index contributed by atoms with van der Waals surface area (Å²) in [6, 6.07) is 2.15. The predicted molar refractivity (Wildman–Crippen MR) is 69.8 cm³/mol. The summed E-state index contributed by atoms with van der Waals surface area (Å²) >= 11 is 0. The second kappa shape index (κ2) is 5.66. The number of nitrogens with two attached hydrogens (primary N) is 1. The van der Waals surface area contributed by atoms with Gasteiger partial charge in [0, 0.05) is 18.8 Å². The van der Waals surface area contributed by atoms with Crippen molar-refractivity contribution in [1.82, 2.24) is 9.97 Å². The van der Waals surface area contributed by atoms with E-state index in [0.29, 0.717) is 17.7 Å². The Morgan fingerprint density at radius 1 is 1.56 bits per heavy atom. The summed E-state index contributed by atoms with van der Waals surface area (Å²) in [5.74, 6) is 0.676. The number of anilines is 1. The summed E-state index contributed by atoms with van der Waals surface area (Å²) in [5.41, 5.74) is 6.01. The molecule has 0 atom stereocenters. The van der Waals surface area contributed by atoms with E-state index in [1.165, 1.54) is 25.7 Å². The molecular formula is C12H19N5O. The van der Waals surface area contributed by atoms with Crippen LogP contribution in [-0.2, 0) is 0 Å². The lowest BCUT2D eigenvalue weighted by Crippen LogP contribution is -2.35. The zero-order valence-electron chi connectivity index (χ0n) is 10.6. The zero-order valence-corrected chi connectivity index (χ0v) is 10.6. The third-order valence-electron chi connectivity index (χ3n) is 3.38. The van der Waals surface area contributed by atoms with E-state index in [1.807, 2.05) is 0 Å². The van der Waals surface area contributed by atoms with Gasteiger partial charge in [0.2, 0.25) is 5.95 Å². The Hall–Kier alpha value is -1.85. The minimum absolute atomic E-state index is 0.0149. The van der Waals surface area contributed by atoms with Gasteiger partial charge in [-0.15, -0.1) is 0 Å². The number of nitrogens with zero attached hydrogens (tertiary/aromatic N) is 4. The maximum Gasteiger partial charge on any atom is 0.226 e. The number of oxime groups is 1. The van der Waals surface area contributed by atoms with Gasteiger partial charge in [0.25, 0.3) is 0 Å². The van der Waals surface area contributed by atoms with E-state index in [1.54, 1.807) is 12.3 Å². The van der Waals surface area contributed by atoms with Gasteiger partial charge in [-0.3, -0.25) is 0 Å². The molecule has 0 aliphatic heterocycles. The zero-order chi connectivity index (χ0) is 13.0. The topological polar surface area (TPSA) is 87.6 Å². The number of rotatable bonds is 4. The second-order valence-electron chi connectivity index (χ2n) is 4.45. The van der Waals surface area contributed by atoms with Crippen molar-refractivity contribution >= 4 is 11.8 Å². The van der Waals surface area contributed by atoms with Crippen LogP contribution >= 0.6 is 0 Å². The van der Waals surface area contributed by atoms with E-state index in [4.69, 9.17) is 10.9 Å². The summed E-state index contributed by atoms with van der Waals surface area (Å²) in [6.07, 6.45) is 6.55. The van der Waals surface area contributed by atoms with Gasteiger partial charge < -0.3 is 15.8 Å². The van der Waals surface area contributed by atoms with E-state index >= 15 is 0 Å². The molecule has 0 amide bonds. The van der Waals surface area contributed by atoms with E-state index in [0.717, 1.165) is 6.54 Å². The monoisotopic (exact) mass is 249 g/mol. The van der Waals surface area contributed by atoms with Crippen LogP contribution in [0.2, 0.25) is 0 Å². The standard InChI is InChI=1S/C12H19N5O/c1-2-17(9-5-3-4-6-9)12-14-8-7-10(15-12)11(13)16-18/h7-9,18H,2-6H2,1H3,(H2,13,16). The highest BCUT2D eigenvalue weighted by molar-refractivity contribution is 5.95. The van der Waals surface area contributed by atoms with Gasteiger partial charge in [0.1, 0.15) is 5.69 Å². The first-order chi connectivity index (χ1) is 8.76. The maximum atomic E-state index is 8.68. The smallest absolute Gasteiger partial charge is 0.226 e. The molecule has 1 heterocycles. The largest absolute Gasteiger partial charge is 0.409 e. The normalized spacial score (nSPS) is 17.1. The summed E-state index contributed by atoms with van der Waals surface area (Å²) in [7, 11) is 0. The van der Waals surface area contributed by atoms with E-state index < -0.39 is 0 Å². The van der Waals surface area contributed by atoms with Crippen molar-refractivity contribution in [3.63, 3.8) is 0 Å². The van der Waals surface area contributed by atoms with Gasteiger partial charge in [-0.2, -0.15) is 0 Å². The lowest BCUT2D eigenvalue weighted by atomic mass is 10.2. The minimum atomic E-state index is 0.0149. The van der Waals surface area contributed by atoms with Crippen molar-refractivity contribution in [3.8, 4) is 0 Å². The van der Waals surface area contributed by atoms with Crippen LogP contribution in [0, 0.1) is 0 Å². The summed E-state index contributed by atoms with van der Waals surface area (Å²) in [6.45, 7) is 2.96. The lowest BCUT2D eigenvalue weighted by molar-refractivity contribution is 0.318. The molecule has 3 N–H and O–H groups in total. The Labute approximate surface area is 107 Å². The molecule has 1 aromatic heterocycles. The van der Waals surface area contributed by atoms with Gasteiger partial charge in [-0.25, -0.2) is 9.97 Å². The number of hydrogen-bond donors (Lipinski definition) is 2. The average molecular weight is 249 g/mol. The Bertz CT molecular complexity index is 428. The Balaban J connectivity index is 2.25. The van der Waals surface area contributed by atoms with Crippen LogP contribution < -0.4 is 10.6 Å². The fourth-order valence-electron chi connectivity index (χ4n) is 2.46. The first kappa shape index (κ1) is 12.6. The Kier molecular flexibility index (Phi) is 3.96. The van der Waals surface area contributed by atoms with Gasteiger partial charge in [-0.1, -0.05) is 18.0 Å². The first-order valence-corrected chi connectivity index (χ1v) is 6.33. The van der Waals surface area contributed by atoms with Gasteiger partial charge >= 0.3 is 0 Å². The maximum absolute atomic E-state index is 8.68. The molecule has 1 aromatic rings. The van der Waals surface area contributed by atoms with Crippen LogP contribution in [0.25, 0.3) is 0 Å². The molecule has 1 aliphatic carbocycles.